The number of carbonyl (C=O) groups is 1. The van der Waals surface area contributed by atoms with Crippen LogP contribution in [0, 0.1) is 22.9 Å². The fourth-order valence-corrected chi connectivity index (χ4v) is 2.25. The number of nitrogens with one attached hydrogen (secondary N) is 1. The Bertz CT molecular complexity index is 956. The van der Waals surface area contributed by atoms with Gasteiger partial charge in [-0.15, -0.1) is 0 Å². The summed E-state index contributed by atoms with van der Waals surface area (Å²) in [7, 11) is 0. The van der Waals surface area contributed by atoms with Gasteiger partial charge < -0.3 is 5.32 Å². The van der Waals surface area contributed by atoms with Crippen LogP contribution in [0.4, 0.5) is 15.8 Å². The molecule has 0 aliphatic carbocycles. The van der Waals surface area contributed by atoms with Crippen LogP contribution in [-0.4, -0.2) is 25.6 Å². The second-order valence-corrected chi connectivity index (χ2v) is 5.22. The van der Waals surface area contributed by atoms with E-state index in [9.17, 15) is 19.3 Å². The van der Waals surface area contributed by atoms with Crippen molar-refractivity contribution in [1.29, 1.82) is 0 Å². The highest BCUT2D eigenvalue weighted by atomic mass is 19.1. The first-order chi connectivity index (χ1) is 12.0. The number of anilines is 1. The summed E-state index contributed by atoms with van der Waals surface area (Å²) in [4.78, 5) is 26.4. The fraction of sp³-hybridized carbons (Fsp3) is 0.0625. The minimum Gasteiger partial charge on any atom is -0.322 e. The highest BCUT2D eigenvalue weighted by molar-refractivity contribution is 6.04. The number of amides is 1. The predicted molar refractivity (Wildman–Crippen MR) is 87.1 cm³/mol. The molecule has 1 aromatic heterocycles. The molecule has 0 atom stereocenters. The van der Waals surface area contributed by atoms with Crippen molar-refractivity contribution in [3.05, 3.63) is 76.1 Å². The lowest BCUT2D eigenvalue weighted by molar-refractivity contribution is -0.385. The number of nitro benzene ring substituents is 1. The van der Waals surface area contributed by atoms with Gasteiger partial charge in [-0.25, -0.2) is 14.1 Å². The van der Waals surface area contributed by atoms with Crippen molar-refractivity contribution in [2.45, 2.75) is 6.92 Å². The molecule has 1 N–H and O–H groups in total. The molecule has 0 saturated carbocycles. The van der Waals surface area contributed by atoms with Gasteiger partial charge in [-0.3, -0.25) is 14.9 Å². The van der Waals surface area contributed by atoms with Gasteiger partial charge in [-0.2, -0.15) is 5.10 Å². The standard InChI is InChI=1S/C16H12FN5O3/c1-10-2-3-11(6-15(10)22(24)25)16(23)20-12-4-5-14(13(17)7-12)21-9-18-8-19-21/h2-9H,1H3,(H,20,23). The van der Waals surface area contributed by atoms with E-state index < -0.39 is 16.6 Å². The smallest absolute Gasteiger partial charge is 0.273 e. The molecule has 0 radical (unpaired) electrons. The van der Waals surface area contributed by atoms with Crippen LogP contribution in [-0.2, 0) is 0 Å². The van der Waals surface area contributed by atoms with Crippen LogP contribution in [0.2, 0.25) is 0 Å². The number of hydrogen-bond donors (Lipinski definition) is 1. The number of carbonyl (C=O) groups excluding carboxylic acids is 1. The highest BCUT2D eigenvalue weighted by Crippen LogP contribution is 2.21. The molecule has 0 aliphatic heterocycles. The van der Waals surface area contributed by atoms with E-state index in [-0.39, 0.29) is 22.6 Å². The van der Waals surface area contributed by atoms with Crippen molar-refractivity contribution in [3.63, 3.8) is 0 Å². The number of rotatable bonds is 4. The molecule has 0 spiro atoms. The molecule has 126 valence electrons. The number of nitro groups is 1. The molecule has 0 bridgehead atoms. The Balaban J connectivity index is 1.83. The summed E-state index contributed by atoms with van der Waals surface area (Å²) < 4.78 is 15.4. The van der Waals surface area contributed by atoms with Crippen molar-refractivity contribution in [3.8, 4) is 5.69 Å². The Kier molecular flexibility index (Phi) is 4.21. The minimum absolute atomic E-state index is 0.109. The molecule has 1 amide bonds. The maximum absolute atomic E-state index is 14.2. The SMILES string of the molecule is Cc1ccc(C(=O)Nc2ccc(-n3cncn3)c(F)c2)cc1[N+](=O)[O-]. The second kappa shape index (κ2) is 6.48. The Morgan fingerprint density at radius 2 is 2.08 bits per heavy atom. The van der Waals surface area contributed by atoms with Crippen LogP contribution >= 0.6 is 0 Å². The molecule has 0 saturated heterocycles. The number of halogens is 1. The molecule has 25 heavy (non-hydrogen) atoms. The number of nitrogens with zero attached hydrogens (tertiary/aromatic N) is 4. The molecule has 0 unspecified atom stereocenters. The van der Waals surface area contributed by atoms with Crippen LogP contribution in [0.15, 0.2) is 49.1 Å². The predicted octanol–water partition coefficient (Wildman–Crippen LogP) is 2.88. The van der Waals surface area contributed by atoms with Gasteiger partial charge in [0.25, 0.3) is 11.6 Å². The van der Waals surface area contributed by atoms with Crippen LogP contribution in [0.1, 0.15) is 15.9 Å². The summed E-state index contributed by atoms with van der Waals surface area (Å²) in [5, 5.41) is 17.3. The first-order valence-corrected chi connectivity index (χ1v) is 7.16. The quantitative estimate of drug-likeness (QED) is 0.580. The lowest BCUT2D eigenvalue weighted by Gasteiger charge is -2.08. The number of aromatic nitrogens is 3. The Morgan fingerprint density at radius 3 is 2.72 bits per heavy atom. The van der Waals surface area contributed by atoms with E-state index >= 15 is 0 Å². The zero-order valence-corrected chi connectivity index (χ0v) is 13.0. The molecule has 3 rings (SSSR count). The van der Waals surface area contributed by atoms with Crippen LogP contribution in [0.5, 0.6) is 0 Å². The van der Waals surface area contributed by atoms with Gasteiger partial charge in [0.15, 0.2) is 5.82 Å². The van der Waals surface area contributed by atoms with Crippen molar-refractivity contribution in [2.75, 3.05) is 5.32 Å². The average Bonchev–Trinajstić information content (AvgIpc) is 3.09. The Labute approximate surface area is 141 Å². The highest BCUT2D eigenvalue weighted by Gasteiger charge is 2.15. The third-order valence-corrected chi connectivity index (χ3v) is 3.54. The van der Waals surface area contributed by atoms with Crippen LogP contribution in [0.25, 0.3) is 5.69 Å². The summed E-state index contributed by atoms with van der Waals surface area (Å²) in [6.45, 7) is 1.58. The van der Waals surface area contributed by atoms with Crippen molar-refractivity contribution < 1.29 is 14.1 Å². The van der Waals surface area contributed by atoms with E-state index in [0.29, 0.717) is 5.56 Å². The van der Waals surface area contributed by atoms with Gasteiger partial charge in [0.05, 0.1) is 4.92 Å². The molecule has 2 aromatic carbocycles. The summed E-state index contributed by atoms with van der Waals surface area (Å²) in [6, 6.07) is 8.22. The molecule has 9 heteroatoms. The monoisotopic (exact) mass is 341 g/mol. The topological polar surface area (TPSA) is 103 Å². The maximum Gasteiger partial charge on any atom is 0.273 e. The average molecular weight is 341 g/mol. The summed E-state index contributed by atoms with van der Waals surface area (Å²) in [5.41, 5.74) is 0.805. The molecule has 0 aliphatic rings. The first-order valence-electron chi connectivity index (χ1n) is 7.16. The summed E-state index contributed by atoms with van der Waals surface area (Å²) in [6.07, 6.45) is 2.63. The number of aryl methyl sites for hydroxylation is 1. The molecular weight excluding hydrogens is 329 g/mol. The second-order valence-electron chi connectivity index (χ2n) is 5.22. The summed E-state index contributed by atoms with van der Waals surface area (Å²) in [5.74, 6) is -1.17. The van der Waals surface area contributed by atoms with Gasteiger partial charge in [0.1, 0.15) is 18.3 Å². The first kappa shape index (κ1) is 16.2. The zero-order chi connectivity index (χ0) is 18.0. The Morgan fingerprint density at radius 1 is 1.28 bits per heavy atom. The van der Waals surface area contributed by atoms with Gasteiger partial charge in [0, 0.05) is 22.9 Å². The third-order valence-electron chi connectivity index (χ3n) is 3.54. The molecule has 8 nitrogen and oxygen atoms in total. The van der Waals surface area contributed by atoms with Crippen molar-refractivity contribution in [1.82, 2.24) is 14.8 Å². The number of benzene rings is 2. The van der Waals surface area contributed by atoms with Gasteiger partial charge >= 0.3 is 0 Å². The van der Waals surface area contributed by atoms with Gasteiger partial charge in [0.2, 0.25) is 0 Å². The van der Waals surface area contributed by atoms with E-state index in [4.69, 9.17) is 0 Å². The maximum atomic E-state index is 14.2. The van der Waals surface area contributed by atoms with E-state index in [0.717, 1.165) is 6.07 Å². The van der Waals surface area contributed by atoms with E-state index in [1.165, 1.54) is 47.7 Å². The van der Waals surface area contributed by atoms with Crippen LogP contribution in [0.3, 0.4) is 0 Å². The Hall–Kier alpha value is -3.62. The lowest BCUT2D eigenvalue weighted by Crippen LogP contribution is -2.13. The zero-order valence-electron chi connectivity index (χ0n) is 13.0. The van der Waals surface area contributed by atoms with Crippen molar-refractivity contribution >= 4 is 17.3 Å². The van der Waals surface area contributed by atoms with Gasteiger partial charge in [-0.1, -0.05) is 6.07 Å². The molecular formula is C16H12FN5O3. The van der Waals surface area contributed by atoms with Crippen molar-refractivity contribution in [2.24, 2.45) is 0 Å². The molecule has 1 heterocycles. The third kappa shape index (κ3) is 3.34. The summed E-state index contributed by atoms with van der Waals surface area (Å²) >= 11 is 0. The van der Waals surface area contributed by atoms with E-state index in [1.54, 1.807) is 6.92 Å². The normalized spacial score (nSPS) is 10.5. The minimum atomic E-state index is -0.599. The largest absolute Gasteiger partial charge is 0.322 e. The van der Waals surface area contributed by atoms with Crippen LogP contribution < -0.4 is 5.32 Å². The van der Waals surface area contributed by atoms with Gasteiger partial charge in [-0.05, 0) is 31.2 Å². The lowest BCUT2D eigenvalue weighted by atomic mass is 10.1. The number of hydrogen-bond acceptors (Lipinski definition) is 5. The van der Waals surface area contributed by atoms with E-state index in [1.807, 2.05) is 0 Å². The van der Waals surface area contributed by atoms with E-state index in [2.05, 4.69) is 15.4 Å². The molecule has 0 fully saturated rings. The fourth-order valence-electron chi connectivity index (χ4n) is 2.25. The molecule has 3 aromatic rings.